The molecule has 1 saturated heterocycles. The van der Waals surface area contributed by atoms with Gasteiger partial charge in [-0.3, -0.25) is 9.59 Å². The van der Waals surface area contributed by atoms with Crippen molar-refractivity contribution in [3.05, 3.63) is 36.0 Å². The van der Waals surface area contributed by atoms with Gasteiger partial charge in [0.05, 0.1) is 0 Å². The lowest BCUT2D eigenvalue weighted by atomic mass is 10.2. The average Bonchev–Trinajstić information content (AvgIpc) is 3.08. The molecule has 3 rings (SSSR count). The van der Waals surface area contributed by atoms with Crippen molar-refractivity contribution < 1.29 is 9.59 Å². The highest BCUT2D eigenvalue weighted by molar-refractivity contribution is 5.88. The number of hydrogen-bond acceptors (Lipinski definition) is 2. The van der Waals surface area contributed by atoms with Gasteiger partial charge in [-0.2, -0.15) is 0 Å². The van der Waals surface area contributed by atoms with Crippen LogP contribution in [0.15, 0.2) is 30.5 Å². The zero-order chi connectivity index (χ0) is 13.2. The first-order valence-electron chi connectivity index (χ1n) is 6.60. The van der Waals surface area contributed by atoms with Gasteiger partial charge in [0.1, 0.15) is 12.8 Å². The van der Waals surface area contributed by atoms with E-state index < -0.39 is 0 Å². The van der Waals surface area contributed by atoms with Gasteiger partial charge < -0.3 is 9.47 Å². The molecule has 0 spiro atoms. The second-order valence-electron chi connectivity index (χ2n) is 4.97. The molecule has 1 aromatic heterocycles. The first-order valence-corrected chi connectivity index (χ1v) is 6.60. The van der Waals surface area contributed by atoms with Crippen LogP contribution in [0.5, 0.6) is 0 Å². The maximum absolute atomic E-state index is 12.1. The Kier molecular flexibility index (Phi) is 3.07. The summed E-state index contributed by atoms with van der Waals surface area (Å²) >= 11 is 0. The van der Waals surface area contributed by atoms with Gasteiger partial charge in [-0.25, -0.2) is 0 Å². The molecule has 1 fully saturated rings. The predicted molar refractivity (Wildman–Crippen MR) is 73.1 cm³/mol. The van der Waals surface area contributed by atoms with E-state index in [1.54, 1.807) is 6.07 Å². The molecule has 0 N–H and O–H groups in total. The Morgan fingerprint density at radius 1 is 1.21 bits per heavy atom. The van der Waals surface area contributed by atoms with Crippen LogP contribution in [0.25, 0.3) is 10.9 Å². The van der Waals surface area contributed by atoms with E-state index in [0.29, 0.717) is 12.1 Å². The number of rotatable bonds is 3. The van der Waals surface area contributed by atoms with E-state index in [4.69, 9.17) is 0 Å². The molecule has 0 atom stereocenters. The smallest absolute Gasteiger partial charge is 0.242 e. The third-order valence-electron chi connectivity index (χ3n) is 3.70. The number of carbonyl (C=O) groups excluding carboxylic acids is 2. The highest BCUT2D eigenvalue weighted by Crippen LogP contribution is 2.18. The predicted octanol–water partition coefficient (Wildman–Crippen LogP) is 2.08. The fourth-order valence-corrected chi connectivity index (χ4v) is 2.62. The number of likely N-dealkylation sites (tertiary alicyclic amines) is 1. The highest BCUT2D eigenvalue weighted by Gasteiger charge is 2.18. The molecule has 0 saturated carbocycles. The van der Waals surface area contributed by atoms with Crippen LogP contribution >= 0.6 is 0 Å². The number of amides is 1. The Morgan fingerprint density at radius 3 is 2.74 bits per heavy atom. The van der Waals surface area contributed by atoms with Crippen LogP contribution < -0.4 is 0 Å². The lowest BCUT2D eigenvalue weighted by molar-refractivity contribution is -0.130. The molecule has 2 aromatic rings. The zero-order valence-corrected chi connectivity index (χ0v) is 10.7. The van der Waals surface area contributed by atoms with Crippen LogP contribution in [0.4, 0.5) is 0 Å². The maximum atomic E-state index is 12.1. The molecule has 1 aromatic carbocycles. The maximum Gasteiger partial charge on any atom is 0.242 e. The Hall–Kier alpha value is -2.10. The van der Waals surface area contributed by atoms with Crippen molar-refractivity contribution in [3.63, 3.8) is 0 Å². The van der Waals surface area contributed by atoms with Gasteiger partial charge >= 0.3 is 0 Å². The minimum atomic E-state index is 0.159. The topological polar surface area (TPSA) is 42.3 Å². The molecule has 0 aliphatic carbocycles. The molecule has 1 aliphatic rings. The number of hydrogen-bond donors (Lipinski definition) is 0. The van der Waals surface area contributed by atoms with Crippen LogP contribution in [-0.4, -0.2) is 34.7 Å². The molecule has 0 unspecified atom stereocenters. The monoisotopic (exact) mass is 256 g/mol. The van der Waals surface area contributed by atoms with Crippen LogP contribution in [0, 0.1) is 0 Å². The lowest BCUT2D eigenvalue weighted by Gasteiger charge is -2.16. The number of nitrogens with zero attached hydrogens (tertiary/aromatic N) is 2. The van der Waals surface area contributed by atoms with E-state index >= 15 is 0 Å². The summed E-state index contributed by atoms with van der Waals surface area (Å²) in [6, 6.07) is 7.51. The standard InChI is InChI=1S/C15H16N2O2/c18-11-12-3-4-13-5-8-17(14(13)9-12)10-15(19)16-6-1-2-7-16/h3-5,8-9,11H,1-2,6-7,10H2. The molecule has 2 heterocycles. The fourth-order valence-electron chi connectivity index (χ4n) is 2.62. The van der Waals surface area contributed by atoms with Crippen molar-refractivity contribution in [3.8, 4) is 0 Å². The number of fused-ring (bicyclic) bond motifs is 1. The minimum Gasteiger partial charge on any atom is -0.341 e. The first kappa shape index (κ1) is 12.0. The van der Waals surface area contributed by atoms with Crippen LogP contribution in [0.2, 0.25) is 0 Å². The molecule has 4 nitrogen and oxygen atoms in total. The Morgan fingerprint density at radius 2 is 2.00 bits per heavy atom. The summed E-state index contributed by atoms with van der Waals surface area (Å²) in [5, 5.41) is 1.06. The second-order valence-corrected chi connectivity index (χ2v) is 4.97. The minimum absolute atomic E-state index is 0.159. The van der Waals surface area contributed by atoms with Crippen molar-refractivity contribution in [2.75, 3.05) is 13.1 Å². The average molecular weight is 256 g/mol. The van der Waals surface area contributed by atoms with Crippen molar-refractivity contribution >= 4 is 23.1 Å². The summed E-state index contributed by atoms with van der Waals surface area (Å²) in [5.41, 5.74) is 1.58. The quantitative estimate of drug-likeness (QED) is 0.789. The van der Waals surface area contributed by atoms with Gasteiger partial charge in [-0.05, 0) is 30.4 Å². The molecule has 0 radical (unpaired) electrons. The van der Waals surface area contributed by atoms with Crippen LogP contribution in [0.1, 0.15) is 23.2 Å². The van der Waals surface area contributed by atoms with Gasteiger partial charge in [0, 0.05) is 30.4 Å². The Labute approximate surface area is 111 Å². The normalized spacial score (nSPS) is 15.1. The third-order valence-corrected chi connectivity index (χ3v) is 3.70. The van der Waals surface area contributed by atoms with Crippen molar-refractivity contribution in [1.82, 2.24) is 9.47 Å². The van der Waals surface area contributed by atoms with Gasteiger partial charge in [0.25, 0.3) is 0 Å². The van der Waals surface area contributed by atoms with Gasteiger partial charge in [-0.1, -0.05) is 12.1 Å². The first-order chi connectivity index (χ1) is 9.28. The van der Waals surface area contributed by atoms with Crippen molar-refractivity contribution in [2.45, 2.75) is 19.4 Å². The fraction of sp³-hybridized carbons (Fsp3) is 0.333. The highest BCUT2D eigenvalue weighted by atomic mass is 16.2. The molecular formula is C15H16N2O2. The number of aldehydes is 1. The number of carbonyl (C=O) groups is 2. The molecule has 1 aliphatic heterocycles. The third kappa shape index (κ3) is 2.26. The molecule has 4 heteroatoms. The molecule has 1 amide bonds. The largest absolute Gasteiger partial charge is 0.341 e. The number of aromatic nitrogens is 1. The summed E-state index contributed by atoms with van der Waals surface area (Å²) in [6.07, 6.45) is 4.95. The van der Waals surface area contributed by atoms with Gasteiger partial charge in [0.2, 0.25) is 5.91 Å². The number of benzene rings is 1. The van der Waals surface area contributed by atoms with Crippen LogP contribution in [0.3, 0.4) is 0 Å². The summed E-state index contributed by atoms with van der Waals surface area (Å²) < 4.78 is 1.92. The summed E-state index contributed by atoms with van der Waals surface area (Å²) in [7, 11) is 0. The van der Waals surface area contributed by atoms with E-state index in [2.05, 4.69) is 0 Å². The molecule has 98 valence electrons. The lowest BCUT2D eigenvalue weighted by Crippen LogP contribution is -2.30. The zero-order valence-electron chi connectivity index (χ0n) is 10.7. The summed E-state index contributed by atoms with van der Waals surface area (Å²) in [6.45, 7) is 2.10. The van der Waals surface area contributed by atoms with Crippen molar-refractivity contribution in [1.29, 1.82) is 0 Å². The van der Waals surface area contributed by atoms with E-state index in [0.717, 1.165) is 43.1 Å². The molecule has 19 heavy (non-hydrogen) atoms. The summed E-state index contributed by atoms with van der Waals surface area (Å²) in [5.74, 6) is 0.159. The van der Waals surface area contributed by atoms with E-state index in [1.807, 2.05) is 33.9 Å². The van der Waals surface area contributed by atoms with Gasteiger partial charge in [0.15, 0.2) is 0 Å². The van der Waals surface area contributed by atoms with E-state index in [-0.39, 0.29) is 5.91 Å². The Bertz CT molecular complexity index is 624. The van der Waals surface area contributed by atoms with Crippen LogP contribution in [-0.2, 0) is 11.3 Å². The van der Waals surface area contributed by atoms with E-state index in [9.17, 15) is 9.59 Å². The van der Waals surface area contributed by atoms with Gasteiger partial charge in [-0.15, -0.1) is 0 Å². The van der Waals surface area contributed by atoms with E-state index in [1.165, 1.54) is 0 Å². The summed E-state index contributed by atoms with van der Waals surface area (Å²) in [4.78, 5) is 24.9. The molecular weight excluding hydrogens is 240 g/mol. The Balaban J connectivity index is 1.87. The second kappa shape index (κ2) is 4.88. The molecule has 0 bridgehead atoms. The SMILES string of the molecule is O=Cc1ccc2ccn(CC(=O)N3CCCC3)c2c1. The van der Waals surface area contributed by atoms with Crippen molar-refractivity contribution in [2.24, 2.45) is 0 Å².